The standard InChI is InChI=1S/C20H21.C7H9.C2H7Si.2ClH.Zr/c1-14-12-16-6-5-7-18(19(16)13-14)15-8-10-17(11-9-15)20(2,3)4;1-6-3-4-7(2)5-6;1-3-2;;;/h5-13H,1-4H3;3-5H,1-2H3;3H,1-2H3;2*1H;/q;;;;;+2/p-2. The predicted molar refractivity (Wildman–Crippen MR) is 149 cm³/mol. The number of hydrogen-bond donors (Lipinski definition) is 0. The average Bonchev–Trinajstić information content (AvgIpc) is 3.26. The van der Waals surface area contributed by atoms with Crippen LogP contribution in [0.1, 0.15) is 61.9 Å². The maximum atomic E-state index is 8.00. The Morgan fingerprint density at radius 3 is 2.00 bits per heavy atom. The monoisotopic (exact) mass is 573 g/mol. The molecule has 0 N–H and O–H groups in total. The van der Waals surface area contributed by atoms with Crippen molar-refractivity contribution in [1.82, 2.24) is 0 Å². The van der Waals surface area contributed by atoms with Crippen molar-refractivity contribution in [2.24, 2.45) is 0 Å². The van der Waals surface area contributed by atoms with Crippen LogP contribution < -0.4 is 0 Å². The zero-order chi connectivity index (χ0) is 24.4. The van der Waals surface area contributed by atoms with E-state index in [0.717, 1.165) is 0 Å². The Kier molecular flexibility index (Phi) is 6.53. The summed E-state index contributed by atoms with van der Waals surface area (Å²) in [5, 5.41) is 0. The summed E-state index contributed by atoms with van der Waals surface area (Å²) < 4.78 is 0.413. The van der Waals surface area contributed by atoms with Crippen molar-refractivity contribution in [2.75, 3.05) is 0 Å². The Morgan fingerprint density at radius 1 is 0.848 bits per heavy atom. The number of fused-ring (bicyclic) bond motifs is 1. The Bertz CT molecular complexity index is 1190. The molecule has 2 aromatic carbocycles. The van der Waals surface area contributed by atoms with Gasteiger partial charge in [-0.2, -0.15) is 0 Å². The van der Waals surface area contributed by atoms with Gasteiger partial charge in [-0.25, -0.2) is 0 Å². The third-order valence-electron chi connectivity index (χ3n) is 7.96. The third kappa shape index (κ3) is 4.08. The molecule has 4 heteroatoms. The number of halogens is 2. The molecule has 2 atom stereocenters. The van der Waals surface area contributed by atoms with Gasteiger partial charge in [-0.1, -0.05) is 0 Å². The van der Waals surface area contributed by atoms with Crippen LogP contribution in [-0.4, -0.2) is 5.92 Å². The molecule has 2 aromatic rings. The Hall–Kier alpha value is -0.660. The van der Waals surface area contributed by atoms with Gasteiger partial charge < -0.3 is 0 Å². The molecule has 0 fully saturated rings. The van der Waals surface area contributed by atoms with Crippen molar-refractivity contribution in [3.63, 3.8) is 0 Å². The van der Waals surface area contributed by atoms with Gasteiger partial charge in [-0.15, -0.1) is 0 Å². The SMILES string of the molecule is CC1=C[CH]([Zr]([Cl])([Cl])([CH]2C(C)=Cc3c(-c4ccc(C(C)(C)C)cc4)cccc32)[SiH](C)C)C(C)=C1. The summed E-state index contributed by atoms with van der Waals surface area (Å²) in [4.78, 5) is 0. The van der Waals surface area contributed by atoms with E-state index >= 15 is 0 Å². The van der Waals surface area contributed by atoms with Gasteiger partial charge >= 0.3 is 211 Å². The van der Waals surface area contributed by atoms with Crippen LogP contribution in [0.15, 0.2) is 71.3 Å². The van der Waals surface area contributed by atoms with Gasteiger partial charge in [0, 0.05) is 0 Å². The van der Waals surface area contributed by atoms with Crippen molar-refractivity contribution in [2.45, 2.75) is 67.3 Å². The molecular formula is C29H37Cl2SiZr. The normalized spacial score (nSPS) is 21.9. The fourth-order valence-electron chi connectivity index (χ4n) is 6.04. The first-order valence-corrected chi connectivity index (χ1v) is 28.4. The van der Waals surface area contributed by atoms with Crippen molar-refractivity contribution in [3.8, 4) is 11.1 Å². The summed E-state index contributed by atoms with van der Waals surface area (Å²) in [6.07, 6.45) is 7.06. The predicted octanol–water partition coefficient (Wildman–Crippen LogP) is 9.78. The van der Waals surface area contributed by atoms with E-state index in [0.29, 0.717) is 0 Å². The van der Waals surface area contributed by atoms with Crippen LogP contribution in [0, 0.1) is 0 Å². The maximum absolute atomic E-state index is 8.00. The van der Waals surface area contributed by atoms with Crippen molar-refractivity contribution in [3.05, 3.63) is 88.0 Å². The van der Waals surface area contributed by atoms with E-state index in [4.69, 9.17) is 17.0 Å². The number of hydrogen-bond acceptors (Lipinski definition) is 0. The van der Waals surface area contributed by atoms with Crippen LogP contribution in [-0.2, 0) is 21.0 Å². The summed E-state index contributed by atoms with van der Waals surface area (Å²) >= 11 is -4.33. The van der Waals surface area contributed by atoms with Crippen LogP contribution in [0.25, 0.3) is 17.2 Å². The zero-order valence-electron chi connectivity index (χ0n) is 21.3. The van der Waals surface area contributed by atoms with Crippen LogP contribution in [0.4, 0.5) is 0 Å². The van der Waals surface area contributed by atoms with E-state index in [9.17, 15) is 0 Å². The molecule has 2 aliphatic carbocycles. The topological polar surface area (TPSA) is 0 Å². The quantitative estimate of drug-likeness (QED) is 0.318. The van der Waals surface area contributed by atoms with Gasteiger partial charge in [-0.05, 0) is 0 Å². The molecule has 0 heterocycles. The zero-order valence-corrected chi connectivity index (χ0v) is 26.4. The molecule has 0 aromatic heterocycles. The summed E-state index contributed by atoms with van der Waals surface area (Å²) in [5.41, 5.74) is 10.8. The molecule has 2 unspecified atom stereocenters. The number of allylic oxidation sites excluding steroid dienone is 5. The summed E-state index contributed by atoms with van der Waals surface area (Å²) in [5.74, 6) is -1.39. The molecule has 0 radical (unpaired) electrons. The first-order chi connectivity index (χ1) is 15.2. The van der Waals surface area contributed by atoms with E-state index in [1.807, 2.05) is 0 Å². The van der Waals surface area contributed by atoms with E-state index in [1.54, 1.807) is 0 Å². The van der Waals surface area contributed by atoms with Crippen molar-refractivity contribution in [1.29, 1.82) is 0 Å². The molecule has 0 saturated carbocycles. The Labute approximate surface area is 209 Å². The van der Waals surface area contributed by atoms with Gasteiger partial charge in [0.1, 0.15) is 0 Å². The van der Waals surface area contributed by atoms with Crippen LogP contribution in [0.3, 0.4) is 0 Å². The first-order valence-electron chi connectivity index (χ1n) is 12.1. The molecule has 0 nitrogen and oxygen atoms in total. The van der Waals surface area contributed by atoms with Crippen LogP contribution >= 0.6 is 17.0 Å². The van der Waals surface area contributed by atoms with Crippen LogP contribution in [0.5, 0.6) is 0 Å². The molecule has 33 heavy (non-hydrogen) atoms. The second-order valence-corrected chi connectivity index (χ2v) is 54.2. The third-order valence-corrected chi connectivity index (χ3v) is 60.4. The molecule has 175 valence electrons. The van der Waals surface area contributed by atoms with E-state index in [-0.39, 0.29) is 12.7 Å². The molecule has 0 bridgehead atoms. The molecule has 0 aliphatic heterocycles. The minimum absolute atomic E-state index is 0.149. The van der Waals surface area contributed by atoms with Gasteiger partial charge in [0.25, 0.3) is 0 Å². The molecule has 4 rings (SSSR count). The first kappa shape index (κ1) is 25.4. The van der Waals surface area contributed by atoms with Gasteiger partial charge in [0.2, 0.25) is 0 Å². The van der Waals surface area contributed by atoms with E-state index in [2.05, 4.69) is 115 Å². The molecular weight excluding hydrogens is 539 g/mol. The molecule has 2 aliphatic rings. The molecule has 0 spiro atoms. The average molecular weight is 576 g/mol. The van der Waals surface area contributed by atoms with Gasteiger partial charge in [-0.3, -0.25) is 0 Å². The Balaban J connectivity index is 1.87. The second-order valence-electron chi connectivity index (χ2n) is 11.6. The second kappa shape index (κ2) is 8.48. The summed E-state index contributed by atoms with van der Waals surface area (Å²) in [6, 6.07) is 15.8. The van der Waals surface area contributed by atoms with E-state index in [1.165, 1.54) is 44.5 Å². The number of rotatable bonds is 4. The minimum atomic E-state index is -4.33. The number of benzene rings is 2. The Morgan fingerprint density at radius 2 is 1.48 bits per heavy atom. The summed E-state index contributed by atoms with van der Waals surface area (Å²) in [6.45, 7) is 18.2. The fourth-order valence-corrected chi connectivity index (χ4v) is 37.7. The summed E-state index contributed by atoms with van der Waals surface area (Å²) in [7, 11) is 16.0. The molecule has 0 saturated heterocycles. The van der Waals surface area contributed by atoms with Crippen LogP contribution in [0.2, 0.25) is 16.7 Å². The van der Waals surface area contributed by atoms with E-state index < -0.39 is 21.5 Å². The fraction of sp³-hybridized carbons (Fsp3) is 0.379. The van der Waals surface area contributed by atoms with Gasteiger partial charge in [0.15, 0.2) is 0 Å². The van der Waals surface area contributed by atoms with Crippen molar-refractivity contribution < 1.29 is 15.6 Å². The molecule has 0 amide bonds. The van der Waals surface area contributed by atoms with Crippen molar-refractivity contribution >= 4 is 29.0 Å². The van der Waals surface area contributed by atoms with Gasteiger partial charge in [0.05, 0.1) is 0 Å².